The van der Waals surface area contributed by atoms with Gasteiger partial charge in [-0.2, -0.15) is 0 Å². The van der Waals surface area contributed by atoms with E-state index in [1.54, 1.807) is 27.7 Å². The number of nitrogens with one attached hydrogen (secondary N) is 4. The third-order valence-corrected chi connectivity index (χ3v) is 13.4. The summed E-state index contributed by atoms with van der Waals surface area (Å²) >= 11 is 0. The molecule has 18 heteroatoms. The van der Waals surface area contributed by atoms with Crippen molar-refractivity contribution in [2.45, 2.75) is 89.1 Å². The number of carbonyl (C=O) groups is 8. The molecular weight excluding hydrogens is 905 g/mol. The molecule has 3 aliphatic carbocycles. The Hall–Kier alpha value is -7.76. The molecule has 368 valence electrons. The highest BCUT2D eigenvalue weighted by Gasteiger charge is 2.80. The number of amides is 4. The van der Waals surface area contributed by atoms with Gasteiger partial charge in [0.2, 0.25) is 11.8 Å². The van der Waals surface area contributed by atoms with Crippen LogP contribution in [-0.4, -0.2) is 83.0 Å². The molecule has 0 radical (unpaired) electrons. The van der Waals surface area contributed by atoms with Crippen molar-refractivity contribution < 1.29 is 67.5 Å². The lowest BCUT2D eigenvalue weighted by Gasteiger charge is -2.64. The van der Waals surface area contributed by atoms with Crippen molar-refractivity contribution in [1.82, 2.24) is 10.6 Å². The summed E-state index contributed by atoms with van der Waals surface area (Å²) in [5, 5.41) is 34.3. The highest BCUT2D eigenvalue weighted by Crippen LogP contribution is 2.64. The summed E-state index contributed by atoms with van der Waals surface area (Å²) in [6, 6.07) is 19.1. The van der Waals surface area contributed by atoms with Crippen LogP contribution in [-0.2, 0) is 28.8 Å². The number of aliphatic carboxylic acids is 2. The third-order valence-electron chi connectivity index (χ3n) is 13.4. The Kier molecular flexibility index (Phi) is 14.6. The topological polar surface area (TPSA) is 262 Å². The van der Waals surface area contributed by atoms with Gasteiger partial charge >= 0.3 is 23.9 Å². The number of rotatable bonds is 18. The average Bonchev–Trinajstić information content (AvgIpc) is 3.28. The van der Waals surface area contributed by atoms with E-state index in [0.717, 1.165) is 12.8 Å². The van der Waals surface area contributed by atoms with Gasteiger partial charge in [0.25, 0.3) is 11.8 Å². The minimum absolute atomic E-state index is 0.0417. The Labute approximate surface area is 403 Å². The van der Waals surface area contributed by atoms with Crippen LogP contribution in [0.15, 0.2) is 84.9 Å². The molecule has 3 fully saturated rings. The fraction of sp³-hybridized carbons (Fsp3) is 0.385. The smallest absolute Gasteiger partial charge is 0.330 e. The molecule has 70 heavy (non-hydrogen) atoms. The van der Waals surface area contributed by atoms with E-state index >= 15 is 0 Å². The van der Waals surface area contributed by atoms with Crippen molar-refractivity contribution in [1.29, 1.82) is 0 Å². The molecule has 0 heterocycles. The molecule has 18 nitrogen and oxygen atoms in total. The molecular formula is C52H56N4O14. The van der Waals surface area contributed by atoms with E-state index in [9.17, 15) is 48.6 Å². The van der Waals surface area contributed by atoms with E-state index in [1.807, 2.05) is 0 Å². The van der Waals surface area contributed by atoms with Gasteiger partial charge < -0.3 is 50.4 Å². The van der Waals surface area contributed by atoms with Crippen LogP contribution in [0.3, 0.4) is 0 Å². The van der Waals surface area contributed by atoms with Crippen LogP contribution in [0.25, 0.3) is 0 Å². The minimum Gasteiger partial charge on any atom is -0.493 e. The first-order valence-corrected chi connectivity index (χ1v) is 23.1. The number of carboxylic acid groups (broad SMARTS) is 2. The predicted octanol–water partition coefficient (Wildman–Crippen LogP) is 6.69. The first-order valence-electron chi connectivity index (χ1n) is 23.1. The molecule has 0 saturated heterocycles. The minimum atomic E-state index is -2.66. The van der Waals surface area contributed by atoms with Crippen LogP contribution in [0, 0.1) is 23.7 Å². The fourth-order valence-electron chi connectivity index (χ4n) is 8.97. The number of ether oxygens (including phenoxy) is 4. The Morgan fingerprint density at radius 1 is 0.514 bits per heavy atom. The molecule has 4 aromatic carbocycles. The zero-order valence-electron chi connectivity index (χ0n) is 39.6. The summed E-state index contributed by atoms with van der Waals surface area (Å²) in [4.78, 5) is 109. The first-order chi connectivity index (χ1) is 33.3. The number of benzene rings is 4. The van der Waals surface area contributed by atoms with Crippen LogP contribution < -0.4 is 40.2 Å². The Bertz CT molecular complexity index is 2510. The van der Waals surface area contributed by atoms with Gasteiger partial charge in [-0.25, -0.2) is 9.59 Å². The van der Waals surface area contributed by atoms with Crippen molar-refractivity contribution in [2.24, 2.45) is 23.7 Å². The molecule has 0 spiro atoms. The van der Waals surface area contributed by atoms with E-state index in [-0.39, 0.29) is 80.7 Å². The standard InChI is InChI=1S/C52H56N4O14/c1-27(2)43(57)53-35-19-13-29(14-20-35)45(59)55-51(49(63)64)41(33-17-23-37(39(25-33)67-5)69-47(61)31-9-7-10-31)52(50(65)66,56-46(60)30-15-21-36(22-16-30)54-44(58)28(3)4)42(51)34-18-24-38(40(26-34)68-6)70-48(62)32-11-8-12-32/h13-28,31-32,41-42H,7-12H2,1-6H3,(H,53,57)(H,54,58)(H,55,59)(H,56,60)(H,63,64)(H,65,66). The summed E-state index contributed by atoms with van der Waals surface area (Å²) in [5.74, 6) is -12.4. The molecule has 6 N–H and O–H groups in total. The van der Waals surface area contributed by atoms with Crippen molar-refractivity contribution in [3.8, 4) is 23.0 Å². The van der Waals surface area contributed by atoms with E-state index in [2.05, 4.69) is 21.3 Å². The maximum Gasteiger partial charge on any atom is 0.330 e. The monoisotopic (exact) mass is 960 g/mol. The highest BCUT2D eigenvalue weighted by atomic mass is 16.6. The van der Waals surface area contributed by atoms with Crippen molar-refractivity contribution in [3.63, 3.8) is 0 Å². The molecule has 0 aromatic heterocycles. The number of hydrogen-bond acceptors (Lipinski definition) is 12. The zero-order chi connectivity index (χ0) is 50.7. The molecule has 0 bridgehead atoms. The van der Waals surface area contributed by atoms with Crippen LogP contribution in [0.1, 0.15) is 110 Å². The molecule has 3 saturated carbocycles. The molecule has 0 unspecified atom stereocenters. The quantitative estimate of drug-likeness (QED) is 0.0449. The summed E-state index contributed by atoms with van der Waals surface area (Å²) in [6.07, 6.45) is 4.21. The highest BCUT2D eigenvalue weighted by molar-refractivity contribution is 6.06. The molecule has 4 amide bonds. The lowest BCUT2D eigenvalue weighted by Crippen LogP contribution is -2.86. The summed E-state index contributed by atoms with van der Waals surface area (Å²) in [7, 11) is 2.54. The second-order valence-electron chi connectivity index (χ2n) is 18.5. The maximum atomic E-state index is 14.6. The lowest BCUT2D eigenvalue weighted by molar-refractivity contribution is -0.171. The normalized spacial score (nSPS) is 20.6. The number of carbonyl (C=O) groups excluding carboxylic acids is 6. The maximum absolute atomic E-state index is 14.6. The second-order valence-corrected chi connectivity index (χ2v) is 18.5. The van der Waals surface area contributed by atoms with Gasteiger partial charge in [-0.1, -0.05) is 52.7 Å². The zero-order valence-corrected chi connectivity index (χ0v) is 39.6. The third kappa shape index (κ3) is 9.62. The Morgan fingerprint density at radius 3 is 1.13 bits per heavy atom. The van der Waals surface area contributed by atoms with Gasteiger partial charge in [-0.3, -0.25) is 28.8 Å². The molecule has 3 aliphatic rings. The second kappa shape index (κ2) is 20.5. The van der Waals surface area contributed by atoms with Crippen molar-refractivity contribution in [2.75, 3.05) is 24.9 Å². The number of carboxylic acids is 2. The Balaban J connectivity index is 1.41. The number of methoxy groups -OCH3 is 2. The Morgan fingerprint density at radius 2 is 0.857 bits per heavy atom. The van der Waals surface area contributed by atoms with Gasteiger partial charge in [0.05, 0.1) is 37.9 Å². The average molecular weight is 961 g/mol. The predicted molar refractivity (Wildman–Crippen MR) is 253 cm³/mol. The van der Waals surface area contributed by atoms with Crippen LogP contribution >= 0.6 is 0 Å². The van der Waals surface area contributed by atoms with Crippen molar-refractivity contribution >= 4 is 58.9 Å². The lowest BCUT2D eigenvalue weighted by atomic mass is 9.43. The van der Waals surface area contributed by atoms with Crippen molar-refractivity contribution in [3.05, 3.63) is 107 Å². The molecule has 4 aromatic rings. The number of hydrogen-bond donors (Lipinski definition) is 6. The summed E-state index contributed by atoms with van der Waals surface area (Å²) < 4.78 is 22.7. The SMILES string of the molecule is COc1cc(C2C(NC(=O)c3ccc(NC(=O)C(C)C)cc3)(C(=O)O)C(c3ccc(OC(=O)C4CCC4)c(OC)c3)C2(NC(=O)c2ccc(NC(=O)C(C)C)cc2)C(=O)O)ccc1OC(=O)C1CCC1. The molecule has 7 rings (SSSR count). The fourth-order valence-corrected chi connectivity index (χ4v) is 8.97. The van der Waals surface area contributed by atoms with E-state index in [0.29, 0.717) is 37.1 Å². The van der Waals surface area contributed by atoms with E-state index in [4.69, 9.17) is 18.9 Å². The molecule has 0 aliphatic heterocycles. The van der Waals surface area contributed by atoms with Crippen LogP contribution in [0.5, 0.6) is 23.0 Å². The largest absolute Gasteiger partial charge is 0.493 e. The first kappa shape index (κ1) is 50.1. The van der Waals surface area contributed by atoms with Crippen LogP contribution in [0.2, 0.25) is 0 Å². The summed E-state index contributed by atoms with van der Waals surface area (Å²) in [5.41, 5.74) is -4.92. The summed E-state index contributed by atoms with van der Waals surface area (Å²) in [6.45, 7) is 6.81. The van der Waals surface area contributed by atoms with Gasteiger partial charge in [0.1, 0.15) is 0 Å². The number of anilines is 2. The van der Waals surface area contributed by atoms with Crippen LogP contribution in [0.4, 0.5) is 11.4 Å². The van der Waals surface area contributed by atoms with Gasteiger partial charge in [0.15, 0.2) is 34.1 Å². The van der Waals surface area contributed by atoms with Gasteiger partial charge in [0, 0.05) is 34.3 Å². The number of esters is 2. The van der Waals surface area contributed by atoms with Gasteiger partial charge in [-0.15, -0.1) is 0 Å². The van der Waals surface area contributed by atoms with E-state index in [1.165, 1.54) is 99.1 Å². The molecule has 0 atom stereocenters. The van der Waals surface area contributed by atoms with E-state index < -0.39 is 58.6 Å². The van der Waals surface area contributed by atoms with Gasteiger partial charge in [-0.05, 0) is 110 Å².